The standard InChI is InChI=1S/C29H38N2O4/c1-5-29(6-2)17-21-15-20(24-16-22(33-3)8-10-25(24)34-4)7-9-23(21)27(29)30-28(32)35-26-18-31-13-11-19(26)12-14-31/h7-10,15-16,19,26-27H,5-6,11-14,17-18H2,1-4H3,(H,30,32)/t26-,27?/m0/s1. The van der Waals surface area contributed by atoms with Gasteiger partial charge in [-0.1, -0.05) is 32.0 Å². The molecule has 3 aliphatic heterocycles. The SMILES string of the molecule is CCC1(CC)Cc2cc(-c3cc(OC)ccc3OC)ccc2C1NC(=O)O[C@H]1CN2CCC1CC2. The Kier molecular flexibility index (Phi) is 6.67. The molecule has 0 saturated carbocycles. The number of piperidine rings is 3. The number of methoxy groups -OCH3 is 2. The highest BCUT2D eigenvalue weighted by molar-refractivity contribution is 5.74. The summed E-state index contributed by atoms with van der Waals surface area (Å²) in [5.41, 5.74) is 4.56. The summed E-state index contributed by atoms with van der Waals surface area (Å²) in [5, 5.41) is 3.31. The van der Waals surface area contributed by atoms with Crippen LogP contribution in [0.15, 0.2) is 36.4 Å². The molecule has 2 aromatic rings. The molecule has 0 radical (unpaired) electrons. The molecule has 2 aromatic carbocycles. The summed E-state index contributed by atoms with van der Waals surface area (Å²) in [7, 11) is 3.37. The predicted molar refractivity (Wildman–Crippen MR) is 137 cm³/mol. The van der Waals surface area contributed by atoms with E-state index >= 15 is 0 Å². The number of rotatable bonds is 7. The maximum absolute atomic E-state index is 13.1. The van der Waals surface area contributed by atoms with Crippen molar-refractivity contribution in [3.05, 3.63) is 47.5 Å². The normalized spacial score (nSPS) is 26.2. The lowest BCUT2D eigenvalue weighted by Gasteiger charge is -2.44. The number of amides is 1. The number of alkyl carbamates (subject to hydrolysis) is 1. The molecule has 3 heterocycles. The van der Waals surface area contributed by atoms with E-state index in [9.17, 15) is 4.79 Å². The summed E-state index contributed by atoms with van der Waals surface area (Å²) in [6.45, 7) is 7.61. The number of benzene rings is 2. The zero-order valence-electron chi connectivity index (χ0n) is 21.4. The Morgan fingerprint density at radius 2 is 1.83 bits per heavy atom. The molecule has 0 aromatic heterocycles. The molecule has 3 saturated heterocycles. The first-order valence-corrected chi connectivity index (χ1v) is 13.0. The van der Waals surface area contributed by atoms with Gasteiger partial charge in [0.2, 0.25) is 0 Å². The Bertz CT molecular complexity index is 1070. The summed E-state index contributed by atoms with van der Waals surface area (Å²) < 4.78 is 17.1. The van der Waals surface area contributed by atoms with Crippen LogP contribution in [-0.2, 0) is 11.2 Å². The van der Waals surface area contributed by atoms with Gasteiger partial charge in [-0.05, 0) is 91.4 Å². The minimum atomic E-state index is -0.272. The summed E-state index contributed by atoms with van der Waals surface area (Å²) in [6.07, 6.45) is 4.91. The van der Waals surface area contributed by atoms with Crippen molar-refractivity contribution in [1.29, 1.82) is 0 Å². The molecular weight excluding hydrogens is 440 g/mol. The molecule has 6 heteroatoms. The van der Waals surface area contributed by atoms with Gasteiger partial charge >= 0.3 is 6.09 Å². The van der Waals surface area contributed by atoms with Crippen LogP contribution < -0.4 is 14.8 Å². The first-order chi connectivity index (χ1) is 17.0. The van der Waals surface area contributed by atoms with Crippen LogP contribution in [0.2, 0.25) is 0 Å². The molecule has 1 unspecified atom stereocenters. The number of nitrogens with zero attached hydrogens (tertiary/aromatic N) is 1. The highest BCUT2D eigenvalue weighted by Crippen LogP contribution is 2.51. The zero-order valence-corrected chi connectivity index (χ0v) is 21.4. The Labute approximate surface area is 208 Å². The maximum Gasteiger partial charge on any atom is 0.407 e. The highest BCUT2D eigenvalue weighted by atomic mass is 16.6. The first kappa shape index (κ1) is 24.0. The molecular formula is C29H38N2O4. The van der Waals surface area contributed by atoms with E-state index in [1.165, 1.54) is 11.1 Å². The lowest BCUT2D eigenvalue weighted by atomic mass is 9.76. The molecule has 4 aliphatic rings. The number of hydrogen-bond donors (Lipinski definition) is 1. The van der Waals surface area contributed by atoms with E-state index in [4.69, 9.17) is 14.2 Å². The third-order valence-electron chi connectivity index (χ3n) is 8.85. The summed E-state index contributed by atoms with van der Waals surface area (Å²) in [4.78, 5) is 15.5. The Morgan fingerprint density at radius 1 is 1.06 bits per heavy atom. The Morgan fingerprint density at radius 3 is 2.46 bits per heavy atom. The van der Waals surface area contributed by atoms with E-state index in [2.05, 4.69) is 42.3 Å². The summed E-state index contributed by atoms with van der Waals surface area (Å²) in [5.74, 6) is 2.12. The lowest BCUT2D eigenvalue weighted by Crippen LogP contribution is -2.53. The number of carbonyl (C=O) groups is 1. The summed E-state index contributed by atoms with van der Waals surface area (Å²) >= 11 is 0. The smallest absolute Gasteiger partial charge is 0.407 e. The maximum atomic E-state index is 13.1. The van der Waals surface area contributed by atoms with Crippen molar-refractivity contribution in [2.24, 2.45) is 11.3 Å². The van der Waals surface area contributed by atoms with Gasteiger partial charge in [0.15, 0.2) is 0 Å². The van der Waals surface area contributed by atoms with Crippen molar-refractivity contribution in [2.75, 3.05) is 33.9 Å². The minimum Gasteiger partial charge on any atom is -0.497 e. The van der Waals surface area contributed by atoms with Crippen LogP contribution in [0.25, 0.3) is 11.1 Å². The number of nitrogens with one attached hydrogen (secondary N) is 1. The molecule has 2 bridgehead atoms. The van der Waals surface area contributed by atoms with Crippen molar-refractivity contribution in [3.63, 3.8) is 0 Å². The lowest BCUT2D eigenvalue weighted by molar-refractivity contribution is -0.0353. The second-order valence-electron chi connectivity index (χ2n) is 10.4. The molecule has 3 fully saturated rings. The van der Waals surface area contributed by atoms with E-state index in [0.29, 0.717) is 5.92 Å². The second kappa shape index (κ2) is 9.73. The van der Waals surface area contributed by atoms with Gasteiger partial charge in [0, 0.05) is 12.1 Å². The van der Waals surface area contributed by atoms with Crippen LogP contribution in [0.3, 0.4) is 0 Å². The molecule has 35 heavy (non-hydrogen) atoms. The van der Waals surface area contributed by atoms with E-state index in [1.807, 2.05) is 18.2 Å². The van der Waals surface area contributed by atoms with Gasteiger partial charge in [-0.3, -0.25) is 4.90 Å². The van der Waals surface area contributed by atoms with Crippen molar-refractivity contribution >= 4 is 6.09 Å². The quantitative estimate of drug-likeness (QED) is 0.562. The van der Waals surface area contributed by atoms with Crippen LogP contribution in [0, 0.1) is 11.3 Å². The molecule has 1 aliphatic carbocycles. The van der Waals surface area contributed by atoms with Crippen LogP contribution in [-0.4, -0.2) is 51.0 Å². The number of hydrogen-bond acceptors (Lipinski definition) is 5. The highest BCUT2D eigenvalue weighted by Gasteiger charge is 2.45. The van der Waals surface area contributed by atoms with E-state index in [1.54, 1.807) is 14.2 Å². The molecule has 188 valence electrons. The molecule has 6 nitrogen and oxygen atoms in total. The van der Waals surface area contributed by atoms with Crippen molar-refractivity contribution < 1.29 is 19.0 Å². The molecule has 1 N–H and O–H groups in total. The third kappa shape index (κ3) is 4.37. The van der Waals surface area contributed by atoms with E-state index in [0.717, 1.165) is 74.4 Å². The second-order valence-corrected chi connectivity index (χ2v) is 10.4. The monoisotopic (exact) mass is 478 g/mol. The fraction of sp³-hybridized carbons (Fsp3) is 0.552. The third-order valence-corrected chi connectivity index (χ3v) is 8.85. The fourth-order valence-electron chi connectivity index (χ4n) is 6.53. The number of carbonyl (C=O) groups excluding carboxylic acids is 1. The van der Waals surface area contributed by atoms with Gasteiger partial charge in [0.1, 0.15) is 17.6 Å². The van der Waals surface area contributed by atoms with Crippen molar-refractivity contribution in [1.82, 2.24) is 10.2 Å². The van der Waals surface area contributed by atoms with E-state index in [-0.39, 0.29) is 23.7 Å². The molecule has 0 spiro atoms. The molecule has 1 amide bonds. The first-order valence-electron chi connectivity index (χ1n) is 13.0. The van der Waals surface area contributed by atoms with Gasteiger partial charge < -0.3 is 19.5 Å². The predicted octanol–water partition coefficient (Wildman–Crippen LogP) is 5.59. The Hall–Kier alpha value is -2.73. The van der Waals surface area contributed by atoms with Gasteiger partial charge in [0.25, 0.3) is 0 Å². The van der Waals surface area contributed by atoms with Gasteiger partial charge in [0.05, 0.1) is 20.3 Å². The average molecular weight is 479 g/mol. The topological polar surface area (TPSA) is 60.0 Å². The van der Waals surface area contributed by atoms with Crippen LogP contribution in [0.1, 0.15) is 56.7 Å². The number of ether oxygens (including phenoxy) is 3. The summed E-state index contributed by atoms with van der Waals surface area (Å²) in [6, 6.07) is 12.4. The van der Waals surface area contributed by atoms with Crippen LogP contribution in [0.4, 0.5) is 4.79 Å². The van der Waals surface area contributed by atoms with Crippen LogP contribution >= 0.6 is 0 Å². The zero-order chi connectivity index (χ0) is 24.6. The molecule has 6 rings (SSSR count). The van der Waals surface area contributed by atoms with Gasteiger partial charge in [-0.2, -0.15) is 0 Å². The molecule has 2 atom stereocenters. The van der Waals surface area contributed by atoms with Crippen molar-refractivity contribution in [3.8, 4) is 22.6 Å². The number of fused-ring (bicyclic) bond motifs is 4. The van der Waals surface area contributed by atoms with Gasteiger partial charge in [-0.25, -0.2) is 4.79 Å². The fourth-order valence-corrected chi connectivity index (χ4v) is 6.53. The minimum absolute atomic E-state index is 0.0129. The van der Waals surface area contributed by atoms with Crippen LogP contribution in [0.5, 0.6) is 11.5 Å². The van der Waals surface area contributed by atoms with Crippen molar-refractivity contribution in [2.45, 2.75) is 58.1 Å². The van der Waals surface area contributed by atoms with Gasteiger partial charge in [-0.15, -0.1) is 0 Å². The van der Waals surface area contributed by atoms with E-state index < -0.39 is 0 Å². The average Bonchev–Trinajstić information content (AvgIpc) is 3.21. The largest absolute Gasteiger partial charge is 0.497 e. The Balaban J connectivity index is 1.41.